The van der Waals surface area contributed by atoms with E-state index >= 15 is 0 Å². The lowest BCUT2D eigenvalue weighted by Crippen LogP contribution is -2.59. The van der Waals surface area contributed by atoms with Crippen LogP contribution >= 0.6 is 0 Å². The highest BCUT2D eigenvalue weighted by Gasteiger charge is 2.44. The van der Waals surface area contributed by atoms with Gasteiger partial charge >= 0.3 is 0 Å². The van der Waals surface area contributed by atoms with Gasteiger partial charge in [-0.2, -0.15) is 5.06 Å². The highest BCUT2D eigenvalue weighted by Crippen LogP contribution is 2.38. The molecule has 0 saturated heterocycles. The minimum atomic E-state index is -1.33. The number of aliphatic hydroxyl groups excluding tert-OH is 3. The van der Waals surface area contributed by atoms with Gasteiger partial charge in [-0.15, -0.1) is 6.58 Å². The molecule has 5 heteroatoms. The average molecular weight is 442 g/mol. The molecule has 32 heavy (non-hydrogen) atoms. The first-order valence-corrected chi connectivity index (χ1v) is 11.5. The zero-order valence-electron chi connectivity index (χ0n) is 19.4. The Bertz CT molecular complexity index is 753. The van der Waals surface area contributed by atoms with Gasteiger partial charge in [0.2, 0.25) is 0 Å². The number of hydrogen-bond acceptors (Lipinski definition) is 5. The maximum absolute atomic E-state index is 10.3. The van der Waals surface area contributed by atoms with Gasteiger partial charge in [-0.3, -0.25) is 4.84 Å². The van der Waals surface area contributed by atoms with Gasteiger partial charge in [0.1, 0.15) is 11.6 Å². The Morgan fingerprint density at radius 1 is 0.875 bits per heavy atom. The first-order chi connectivity index (χ1) is 15.5. The van der Waals surface area contributed by atoms with Crippen molar-refractivity contribution < 1.29 is 20.2 Å². The lowest BCUT2D eigenvalue weighted by Gasteiger charge is -2.46. The first-order valence-electron chi connectivity index (χ1n) is 11.5. The zero-order chi connectivity index (χ0) is 23.4. The second-order valence-electron chi connectivity index (χ2n) is 8.70. The van der Waals surface area contributed by atoms with Crippen LogP contribution in [0.5, 0.6) is 0 Å². The van der Waals surface area contributed by atoms with Gasteiger partial charge in [0.05, 0.1) is 25.9 Å². The Labute approximate surface area is 192 Å². The SMILES string of the molecule is C=CCCCCC(ON(C(c1ccccc1)C(C)C)C(CO)(CO)CO)c1ccccc1. The van der Waals surface area contributed by atoms with Crippen molar-refractivity contribution in [2.24, 2.45) is 5.92 Å². The maximum Gasteiger partial charge on any atom is 0.116 e. The summed E-state index contributed by atoms with van der Waals surface area (Å²) in [4.78, 5) is 6.66. The van der Waals surface area contributed by atoms with E-state index in [4.69, 9.17) is 4.84 Å². The number of benzene rings is 2. The zero-order valence-corrected chi connectivity index (χ0v) is 19.4. The summed E-state index contributed by atoms with van der Waals surface area (Å²) in [5, 5.41) is 32.6. The van der Waals surface area contributed by atoms with Gasteiger partial charge in [-0.1, -0.05) is 87.0 Å². The minimum Gasteiger partial charge on any atom is -0.394 e. The van der Waals surface area contributed by atoms with E-state index in [9.17, 15) is 15.3 Å². The van der Waals surface area contributed by atoms with Crippen LogP contribution < -0.4 is 0 Å². The minimum absolute atomic E-state index is 0.0959. The van der Waals surface area contributed by atoms with Gasteiger partial charge in [0.25, 0.3) is 0 Å². The fourth-order valence-electron chi connectivity index (χ4n) is 3.98. The average Bonchev–Trinajstić information content (AvgIpc) is 2.83. The standard InChI is InChI=1S/C27H39NO4/c1-4-5-6-13-18-25(23-14-9-7-10-15-23)32-28(27(19-29,20-30)21-31)26(22(2)3)24-16-11-8-12-17-24/h4,7-12,14-17,22,25-26,29-31H,1,5-6,13,18-21H2,2-3H3. The van der Waals surface area contributed by atoms with E-state index in [0.717, 1.165) is 36.8 Å². The molecule has 2 atom stereocenters. The van der Waals surface area contributed by atoms with Crippen LogP contribution in [0.15, 0.2) is 73.3 Å². The second-order valence-corrected chi connectivity index (χ2v) is 8.70. The van der Waals surface area contributed by atoms with Gasteiger partial charge in [0.15, 0.2) is 0 Å². The summed E-state index contributed by atoms with van der Waals surface area (Å²) < 4.78 is 0. The number of unbranched alkanes of at least 4 members (excludes halogenated alkanes) is 2. The van der Waals surface area contributed by atoms with Crippen LogP contribution in [-0.4, -0.2) is 45.7 Å². The van der Waals surface area contributed by atoms with E-state index < -0.39 is 25.4 Å². The lowest BCUT2D eigenvalue weighted by molar-refractivity contribution is -0.307. The largest absolute Gasteiger partial charge is 0.394 e. The number of aliphatic hydroxyl groups is 3. The number of hydroxylamine groups is 2. The molecule has 0 aromatic heterocycles. The third-order valence-electron chi connectivity index (χ3n) is 5.91. The van der Waals surface area contributed by atoms with E-state index in [-0.39, 0.29) is 18.1 Å². The highest BCUT2D eigenvalue weighted by atomic mass is 16.7. The molecule has 3 N–H and O–H groups in total. The molecular weight excluding hydrogens is 402 g/mol. The van der Waals surface area contributed by atoms with Crippen LogP contribution in [0.4, 0.5) is 0 Å². The Hall–Kier alpha value is -2.02. The molecule has 176 valence electrons. The van der Waals surface area contributed by atoms with Crippen LogP contribution in [0.1, 0.15) is 62.8 Å². The summed E-state index contributed by atoms with van der Waals surface area (Å²) in [6.07, 6.45) is 5.30. The molecule has 2 aromatic carbocycles. The van der Waals surface area contributed by atoms with Gasteiger partial charge in [0, 0.05) is 0 Å². The molecule has 2 aromatic rings. The van der Waals surface area contributed by atoms with Crippen LogP contribution in [0.25, 0.3) is 0 Å². The Balaban J connectivity index is 2.49. The molecule has 2 rings (SSSR count). The van der Waals surface area contributed by atoms with E-state index in [1.165, 1.54) is 0 Å². The molecule has 0 amide bonds. The van der Waals surface area contributed by atoms with Crippen molar-refractivity contribution in [2.45, 2.75) is 57.2 Å². The summed E-state index contributed by atoms with van der Waals surface area (Å²) in [5.74, 6) is 0.0959. The van der Waals surface area contributed by atoms with E-state index in [1.54, 1.807) is 5.06 Å². The Kier molecular flexibility index (Phi) is 11.1. The second kappa shape index (κ2) is 13.5. The molecule has 0 radical (unpaired) electrons. The number of allylic oxidation sites excluding steroid dienone is 1. The van der Waals surface area contributed by atoms with E-state index in [0.29, 0.717) is 0 Å². The molecule has 0 aliphatic carbocycles. The number of hydrogen-bond donors (Lipinski definition) is 3. The van der Waals surface area contributed by atoms with Crippen LogP contribution in [0.3, 0.4) is 0 Å². The number of rotatable bonds is 15. The van der Waals surface area contributed by atoms with Crippen molar-refractivity contribution in [2.75, 3.05) is 19.8 Å². The molecule has 0 aliphatic rings. The summed E-state index contributed by atoms with van der Waals surface area (Å²) in [5.41, 5.74) is 0.689. The van der Waals surface area contributed by atoms with Crippen molar-refractivity contribution in [3.63, 3.8) is 0 Å². The Morgan fingerprint density at radius 2 is 1.41 bits per heavy atom. The molecule has 0 heterocycles. The summed E-state index contributed by atoms with van der Waals surface area (Å²) in [6, 6.07) is 19.6. The summed E-state index contributed by atoms with van der Waals surface area (Å²) in [7, 11) is 0. The molecular formula is C27H39NO4. The van der Waals surface area contributed by atoms with Crippen LogP contribution in [-0.2, 0) is 4.84 Å². The van der Waals surface area contributed by atoms with Gasteiger partial charge in [-0.25, -0.2) is 0 Å². The van der Waals surface area contributed by atoms with E-state index in [1.807, 2.05) is 66.7 Å². The summed E-state index contributed by atoms with van der Waals surface area (Å²) >= 11 is 0. The molecule has 0 saturated carbocycles. The van der Waals surface area contributed by atoms with Gasteiger partial charge in [-0.05, 0) is 36.3 Å². The van der Waals surface area contributed by atoms with Crippen molar-refractivity contribution in [3.8, 4) is 0 Å². The quantitative estimate of drug-likeness (QED) is 0.210. The predicted octanol–water partition coefficient (Wildman–Crippen LogP) is 4.82. The van der Waals surface area contributed by atoms with Crippen molar-refractivity contribution in [1.82, 2.24) is 5.06 Å². The lowest BCUT2D eigenvalue weighted by atomic mass is 9.91. The fourth-order valence-corrected chi connectivity index (χ4v) is 3.98. The monoisotopic (exact) mass is 441 g/mol. The molecule has 0 aliphatic heterocycles. The maximum atomic E-state index is 10.3. The molecule has 5 nitrogen and oxygen atoms in total. The highest BCUT2D eigenvalue weighted by molar-refractivity contribution is 5.21. The predicted molar refractivity (Wildman–Crippen MR) is 129 cm³/mol. The Morgan fingerprint density at radius 3 is 1.88 bits per heavy atom. The summed E-state index contributed by atoms with van der Waals surface area (Å²) in [6.45, 7) is 6.65. The van der Waals surface area contributed by atoms with Gasteiger partial charge < -0.3 is 15.3 Å². The first kappa shape index (κ1) is 26.2. The fraction of sp³-hybridized carbons (Fsp3) is 0.481. The normalized spacial score (nSPS) is 14.0. The molecule has 0 spiro atoms. The third-order valence-corrected chi connectivity index (χ3v) is 5.91. The van der Waals surface area contributed by atoms with Crippen molar-refractivity contribution in [1.29, 1.82) is 0 Å². The van der Waals surface area contributed by atoms with Crippen molar-refractivity contribution in [3.05, 3.63) is 84.4 Å². The van der Waals surface area contributed by atoms with E-state index in [2.05, 4.69) is 20.4 Å². The molecule has 0 fully saturated rings. The van der Waals surface area contributed by atoms with Crippen LogP contribution in [0.2, 0.25) is 0 Å². The molecule has 0 bridgehead atoms. The molecule has 2 unspecified atom stereocenters. The smallest absolute Gasteiger partial charge is 0.116 e. The number of nitrogens with zero attached hydrogens (tertiary/aromatic N) is 1. The van der Waals surface area contributed by atoms with Crippen molar-refractivity contribution >= 4 is 0 Å². The van der Waals surface area contributed by atoms with Crippen LogP contribution in [0, 0.1) is 5.92 Å². The third kappa shape index (κ3) is 6.74. The topological polar surface area (TPSA) is 73.2 Å².